The number of fused-ring (bicyclic) bond motifs is 1. The second kappa shape index (κ2) is 8.97. The molecule has 8 nitrogen and oxygen atoms in total. The molecule has 9 heteroatoms. The SMILES string of the molecule is CCC(=O)N1CC[C@H](Oc2ccc3c(c2)N(c2cncc(S(=O)(=O)C(C)C)c2)CCO3)C1. The molecule has 3 heterocycles. The Morgan fingerprint density at radius 3 is 2.81 bits per heavy atom. The lowest BCUT2D eigenvalue weighted by atomic mass is 10.2. The Morgan fingerprint density at radius 1 is 1.25 bits per heavy atom. The largest absolute Gasteiger partial charge is 0.490 e. The van der Waals surface area contributed by atoms with Gasteiger partial charge in [-0.1, -0.05) is 6.92 Å². The fraction of sp³-hybridized carbons (Fsp3) is 0.478. The second-order valence-electron chi connectivity index (χ2n) is 8.32. The molecule has 0 unspecified atom stereocenters. The molecule has 4 rings (SSSR count). The number of likely N-dealkylation sites (tertiary alicyclic amines) is 1. The van der Waals surface area contributed by atoms with Crippen LogP contribution in [0.25, 0.3) is 0 Å². The lowest BCUT2D eigenvalue weighted by Crippen LogP contribution is -2.30. The molecule has 2 aliphatic heterocycles. The van der Waals surface area contributed by atoms with Crippen molar-refractivity contribution >= 4 is 27.1 Å². The monoisotopic (exact) mass is 459 g/mol. The number of benzene rings is 1. The summed E-state index contributed by atoms with van der Waals surface area (Å²) >= 11 is 0. The van der Waals surface area contributed by atoms with Crippen LogP contribution >= 0.6 is 0 Å². The highest BCUT2D eigenvalue weighted by Gasteiger charge is 2.28. The van der Waals surface area contributed by atoms with Crippen LogP contribution in [-0.2, 0) is 14.6 Å². The van der Waals surface area contributed by atoms with Crippen molar-refractivity contribution < 1.29 is 22.7 Å². The highest BCUT2D eigenvalue weighted by atomic mass is 32.2. The van der Waals surface area contributed by atoms with Crippen LogP contribution in [0.2, 0.25) is 0 Å². The van der Waals surface area contributed by atoms with Gasteiger partial charge in [-0.15, -0.1) is 0 Å². The van der Waals surface area contributed by atoms with E-state index >= 15 is 0 Å². The zero-order chi connectivity index (χ0) is 22.9. The Morgan fingerprint density at radius 2 is 2.06 bits per heavy atom. The topological polar surface area (TPSA) is 89.0 Å². The molecule has 0 saturated carbocycles. The molecule has 0 radical (unpaired) electrons. The fourth-order valence-electron chi connectivity index (χ4n) is 3.99. The van der Waals surface area contributed by atoms with E-state index in [1.54, 1.807) is 26.1 Å². The van der Waals surface area contributed by atoms with Gasteiger partial charge in [0.2, 0.25) is 5.91 Å². The molecule has 1 amide bonds. The van der Waals surface area contributed by atoms with Crippen LogP contribution < -0.4 is 14.4 Å². The van der Waals surface area contributed by atoms with Crippen molar-refractivity contribution in [3.05, 3.63) is 36.7 Å². The summed E-state index contributed by atoms with van der Waals surface area (Å²) in [5.74, 6) is 1.54. The molecule has 0 bridgehead atoms. The molecule has 1 atom stereocenters. The quantitative estimate of drug-likeness (QED) is 0.655. The van der Waals surface area contributed by atoms with E-state index in [4.69, 9.17) is 9.47 Å². The number of carbonyl (C=O) groups is 1. The van der Waals surface area contributed by atoms with Crippen molar-refractivity contribution in [3.8, 4) is 11.5 Å². The molecular formula is C23H29N3O5S. The third kappa shape index (κ3) is 4.39. The van der Waals surface area contributed by atoms with Crippen LogP contribution in [0.15, 0.2) is 41.6 Å². The zero-order valence-electron chi connectivity index (χ0n) is 18.7. The Labute approximate surface area is 189 Å². The molecule has 32 heavy (non-hydrogen) atoms. The third-order valence-electron chi connectivity index (χ3n) is 5.86. The van der Waals surface area contributed by atoms with E-state index in [2.05, 4.69) is 4.98 Å². The summed E-state index contributed by atoms with van der Waals surface area (Å²) in [6.45, 7) is 7.52. The van der Waals surface area contributed by atoms with Crippen LogP contribution in [0.5, 0.6) is 11.5 Å². The predicted octanol–water partition coefficient (Wildman–Crippen LogP) is 3.18. The number of pyridine rings is 1. The summed E-state index contributed by atoms with van der Waals surface area (Å²) in [7, 11) is -3.43. The average molecular weight is 460 g/mol. The van der Waals surface area contributed by atoms with Gasteiger partial charge in [-0.25, -0.2) is 8.42 Å². The van der Waals surface area contributed by atoms with Gasteiger partial charge in [-0.05, 0) is 32.0 Å². The van der Waals surface area contributed by atoms with Crippen molar-refractivity contribution in [2.45, 2.75) is 49.9 Å². The van der Waals surface area contributed by atoms with Gasteiger partial charge in [0.15, 0.2) is 9.84 Å². The number of hydrogen-bond acceptors (Lipinski definition) is 7. The van der Waals surface area contributed by atoms with Crippen molar-refractivity contribution in [1.29, 1.82) is 0 Å². The number of anilines is 2. The van der Waals surface area contributed by atoms with E-state index in [0.717, 1.165) is 12.1 Å². The van der Waals surface area contributed by atoms with Crippen molar-refractivity contribution in [3.63, 3.8) is 0 Å². The summed E-state index contributed by atoms with van der Waals surface area (Å²) in [4.78, 5) is 20.2. The van der Waals surface area contributed by atoms with Crippen molar-refractivity contribution in [1.82, 2.24) is 9.88 Å². The number of nitrogens with zero attached hydrogens (tertiary/aromatic N) is 3. The van der Waals surface area contributed by atoms with Gasteiger partial charge in [-0.2, -0.15) is 0 Å². The average Bonchev–Trinajstić information content (AvgIpc) is 3.26. The standard InChI is InChI=1S/C23H29N3O5S/c1-4-23(27)25-8-7-19(15-25)31-18-5-6-22-21(12-18)26(9-10-30-22)17-11-20(14-24-13-17)32(28,29)16(2)3/h5-6,11-14,16,19H,4,7-10,15H2,1-3H3/t19-/m0/s1. The Hall–Kier alpha value is -2.81. The summed E-state index contributed by atoms with van der Waals surface area (Å²) < 4.78 is 37.2. The van der Waals surface area contributed by atoms with E-state index in [1.165, 1.54) is 6.20 Å². The molecule has 172 valence electrons. The smallest absolute Gasteiger partial charge is 0.222 e. The van der Waals surface area contributed by atoms with E-state index in [9.17, 15) is 13.2 Å². The van der Waals surface area contributed by atoms with Gasteiger partial charge in [0.1, 0.15) is 24.2 Å². The van der Waals surface area contributed by atoms with Gasteiger partial charge < -0.3 is 19.3 Å². The Kier molecular flexibility index (Phi) is 6.28. The number of hydrogen-bond donors (Lipinski definition) is 0. The molecular weight excluding hydrogens is 430 g/mol. The first-order chi connectivity index (χ1) is 15.3. The zero-order valence-corrected chi connectivity index (χ0v) is 19.5. The van der Waals surface area contributed by atoms with Gasteiger partial charge >= 0.3 is 0 Å². The lowest BCUT2D eigenvalue weighted by molar-refractivity contribution is -0.130. The fourth-order valence-corrected chi connectivity index (χ4v) is 5.03. The molecule has 1 fully saturated rings. The maximum atomic E-state index is 12.6. The summed E-state index contributed by atoms with van der Waals surface area (Å²) in [5.41, 5.74) is 1.49. The van der Waals surface area contributed by atoms with E-state index in [0.29, 0.717) is 49.8 Å². The highest BCUT2D eigenvalue weighted by molar-refractivity contribution is 7.92. The summed E-state index contributed by atoms with van der Waals surface area (Å²) in [6.07, 6.45) is 4.29. The minimum atomic E-state index is -3.43. The van der Waals surface area contributed by atoms with Crippen LogP contribution in [0, 0.1) is 0 Å². The number of rotatable bonds is 6. The van der Waals surface area contributed by atoms with E-state index in [-0.39, 0.29) is 16.9 Å². The normalized spacial score (nSPS) is 18.4. The molecule has 0 spiro atoms. The van der Waals surface area contributed by atoms with Crippen LogP contribution in [0.1, 0.15) is 33.6 Å². The van der Waals surface area contributed by atoms with Gasteiger partial charge in [-0.3, -0.25) is 9.78 Å². The second-order valence-corrected chi connectivity index (χ2v) is 10.8. The van der Waals surface area contributed by atoms with E-state index in [1.807, 2.05) is 34.9 Å². The number of aromatic nitrogens is 1. The molecule has 1 aromatic heterocycles. The molecule has 1 saturated heterocycles. The van der Waals surface area contributed by atoms with Crippen molar-refractivity contribution in [2.75, 3.05) is 31.1 Å². The number of carbonyl (C=O) groups excluding carboxylic acids is 1. The molecule has 2 aromatic rings. The van der Waals surface area contributed by atoms with Gasteiger partial charge in [0, 0.05) is 31.6 Å². The number of amides is 1. The molecule has 0 N–H and O–H groups in total. The molecule has 1 aromatic carbocycles. The third-order valence-corrected chi connectivity index (χ3v) is 7.98. The van der Waals surface area contributed by atoms with Gasteiger partial charge in [0.25, 0.3) is 0 Å². The van der Waals surface area contributed by atoms with Crippen LogP contribution in [0.4, 0.5) is 11.4 Å². The highest BCUT2D eigenvalue weighted by Crippen LogP contribution is 2.40. The van der Waals surface area contributed by atoms with Crippen LogP contribution in [0.3, 0.4) is 0 Å². The summed E-state index contributed by atoms with van der Waals surface area (Å²) in [5, 5.41) is -0.526. The molecule has 2 aliphatic rings. The summed E-state index contributed by atoms with van der Waals surface area (Å²) in [6, 6.07) is 7.30. The lowest BCUT2D eigenvalue weighted by Gasteiger charge is -2.31. The van der Waals surface area contributed by atoms with Gasteiger partial charge in [0.05, 0.1) is 40.8 Å². The molecule has 0 aliphatic carbocycles. The first kappa shape index (κ1) is 22.4. The minimum Gasteiger partial charge on any atom is -0.490 e. The number of sulfone groups is 1. The number of ether oxygens (including phenoxy) is 2. The maximum absolute atomic E-state index is 12.6. The van der Waals surface area contributed by atoms with Crippen molar-refractivity contribution in [2.24, 2.45) is 0 Å². The van der Waals surface area contributed by atoms with E-state index < -0.39 is 15.1 Å². The first-order valence-electron chi connectivity index (χ1n) is 11.0. The Balaban J connectivity index is 1.58. The Bertz CT molecular complexity index is 1100. The first-order valence-corrected chi connectivity index (χ1v) is 12.5. The minimum absolute atomic E-state index is 0.0531. The van der Waals surface area contributed by atoms with Crippen LogP contribution in [-0.4, -0.2) is 61.8 Å². The maximum Gasteiger partial charge on any atom is 0.222 e. The predicted molar refractivity (Wildman–Crippen MR) is 121 cm³/mol.